The molecule has 80 valence electrons. The van der Waals surface area contributed by atoms with Crippen LogP contribution in [0.5, 0.6) is 0 Å². The second-order valence-electron chi connectivity index (χ2n) is 3.16. The van der Waals surface area contributed by atoms with Crippen molar-refractivity contribution in [2.24, 2.45) is 15.3 Å². The van der Waals surface area contributed by atoms with E-state index in [9.17, 15) is 0 Å². The minimum absolute atomic E-state index is 0.236. The van der Waals surface area contributed by atoms with E-state index in [4.69, 9.17) is 5.53 Å². The lowest BCUT2D eigenvalue weighted by Crippen LogP contribution is -1.68. The van der Waals surface area contributed by atoms with Gasteiger partial charge >= 0.3 is 0 Å². The van der Waals surface area contributed by atoms with Gasteiger partial charge in [0.1, 0.15) is 0 Å². The van der Waals surface area contributed by atoms with Crippen LogP contribution in [0.3, 0.4) is 0 Å². The van der Waals surface area contributed by atoms with Crippen molar-refractivity contribution in [3.05, 3.63) is 36.0 Å². The Morgan fingerprint density at radius 1 is 1.19 bits per heavy atom. The summed E-state index contributed by atoms with van der Waals surface area (Å²) in [7, 11) is 0. The predicted molar refractivity (Wildman–Crippen MR) is 58.8 cm³/mol. The van der Waals surface area contributed by atoms with Gasteiger partial charge in [0, 0.05) is 0 Å². The lowest BCUT2D eigenvalue weighted by atomic mass is 10.3. The number of azo groups is 1. The number of benzene rings is 1. The van der Waals surface area contributed by atoms with E-state index in [0.29, 0.717) is 5.82 Å². The molecular formula is C10H10N6. The van der Waals surface area contributed by atoms with E-state index >= 15 is 0 Å². The van der Waals surface area contributed by atoms with Crippen LogP contribution >= 0.6 is 0 Å². The van der Waals surface area contributed by atoms with Gasteiger partial charge in [-0.25, -0.2) is 5.53 Å². The Labute approximate surface area is 92.0 Å². The average Bonchev–Trinajstić information content (AvgIpc) is 2.69. The van der Waals surface area contributed by atoms with Crippen LogP contribution in [0.2, 0.25) is 0 Å². The lowest BCUT2D eigenvalue weighted by molar-refractivity contribution is 1.06. The number of rotatable bonds is 3. The number of hydrogen-bond acceptors (Lipinski definition) is 5. The number of nitrogens with zero attached hydrogens (tertiary/aromatic N) is 4. The zero-order valence-electron chi connectivity index (χ0n) is 8.68. The molecule has 0 saturated heterocycles. The lowest BCUT2D eigenvalue weighted by Gasteiger charge is -1.89. The molecule has 0 saturated carbocycles. The van der Waals surface area contributed by atoms with Crippen molar-refractivity contribution in [1.82, 2.24) is 9.97 Å². The van der Waals surface area contributed by atoms with Crippen LogP contribution in [0.25, 0.3) is 0 Å². The summed E-state index contributed by atoms with van der Waals surface area (Å²) in [5.74, 6) is 0.689. The summed E-state index contributed by atoms with van der Waals surface area (Å²) in [6.45, 7) is 1.81. The van der Waals surface area contributed by atoms with Gasteiger partial charge in [-0.15, -0.1) is 15.3 Å². The average molecular weight is 214 g/mol. The Morgan fingerprint density at radius 3 is 2.56 bits per heavy atom. The number of nitrogens with one attached hydrogen (secondary N) is 2. The van der Waals surface area contributed by atoms with Crippen molar-refractivity contribution in [1.29, 1.82) is 5.53 Å². The fraction of sp³-hybridized carbons (Fsp3) is 0.100. The summed E-state index contributed by atoms with van der Waals surface area (Å²) < 4.78 is 0. The van der Waals surface area contributed by atoms with Crippen LogP contribution in [0.4, 0.5) is 17.5 Å². The zero-order chi connectivity index (χ0) is 11.4. The molecule has 0 fully saturated rings. The number of hydrogen-bond donors (Lipinski definition) is 2. The predicted octanol–water partition coefficient (Wildman–Crippen LogP) is 3.80. The second kappa shape index (κ2) is 4.43. The number of aromatic nitrogens is 2. The minimum atomic E-state index is 0.236. The highest BCUT2D eigenvalue weighted by Gasteiger charge is 2.03. The largest absolute Gasteiger partial charge is 0.323 e. The molecule has 0 spiro atoms. The first kappa shape index (κ1) is 10.2. The summed E-state index contributed by atoms with van der Waals surface area (Å²) in [6, 6.07) is 9.38. The molecule has 6 heteroatoms. The first-order valence-corrected chi connectivity index (χ1v) is 4.70. The molecule has 0 aliphatic rings. The van der Waals surface area contributed by atoms with Gasteiger partial charge in [-0.2, -0.15) is 4.98 Å². The SMILES string of the molecule is Cc1[nH]c(N=N)nc1N=Nc1ccccc1. The Kier molecular flexibility index (Phi) is 2.81. The van der Waals surface area contributed by atoms with Crippen LogP contribution in [0.1, 0.15) is 5.69 Å². The van der Waals surface area contributed by atoms with Crippen molar-refractivity contribution >= 4 is 17.5 Å². The van der Waals surface area contributed by atoms with E-state index in [0.717, 1.165) is 11.4 Å². The smallest absolute Gasteiger partial charge is 0.248 e. The molecule has 0 atom stereocenters. The maximum Gasteiger partial charge on any atom is 0.248 e. The normalized spacial score (nSPS) is 10.8. The maximum atomic E-state index is 6.81. The van der Waals surface area contributed by atoms with Crippen molar-refractivity contribution in [3.63, 3.8) is 0 Å². The summed E-state index contributed by atoms with van der Waals surface area (Å²) >= 11 is 0. The van der Waals surface area contributed by atoms with E-state index < -0.39 is 0 Å². The molecule has 0 radical (unpaired) electrons. The Morgan fingerprint density at radius 2 is 1.94 bits per heavy atom. The molecule has 0 amide bonds. The maximum absolute atomic E-state index is 6.81. The van der Waals surface area contributed by atoms with Crippen molar-refractivity contribution in [2.75, 3.05) is 0 Å². The van der Waals surface area contributed by atoms with E-state index in [1.54, 1.807) is 6.92 Å². The third kappa shape index (κ3) is 2.17. The molecule has 2 rings (SSSR count). The fourth-order valence-corrected chi connectivity index (χ4v) is 1.19. The van der Waals surface area contributed by atoms with E-state index in [1.165, 1.54) is 0 Å². The molecule has 2 aromatic rings. The van der Waals surface area contributed by atoms with Crippen LogP contribution in [-0.2, 0) is 0 Å². The summed E-state index contributed by atoms with van der Waals surface area (Å²) in [6.07, 6.45) is 0. The third-order valence-electron chi connectivity index (χ3n) is 1.97. The highest BCUT2D eigenvalue weighted by Crippen LogP contribution is 2.21. The molecule has 0 aliphatic heterocycles. The first-order valence-electron chi connectivity index (χ1n) is 4.70. The topological polar surface area (TPSA) is 89.6 Å². The molecule has 16 heavy (non-hydrogen) atoms. The van der Waals surface area contributed by atoms with Gasteiger partial charge in [-0.05, 0) is 19.1 Å². The summed E-state index contributed by atoms with van der Waals surface area (Å²) in [5.41, 5.74) is 8.31. The van der Waals surface area contributed by atoms with Crippen LogP contribution < -0.4 is 0 Å². The van der Waals surface area contributed by atoms with Crippen LogP contribution in [0, 0.1) is 12.5 Å². The standard InChI is InChI=1S/C10H10N6/c1-7-9(13-10(12-7)14-11)16-15-8-5-3-2-4-6-8/h2-6,11H,1H3,(H,12,13). The molecule has 0 unspecified atom stereocenters. The molecule has 0 aliphatic carbocycles. The van der Waals surface area contributed by atoms with E-state index in [1.807, 2.05) is 30.3 Å². The molecule has 1 aromatic carbocycles. The second-order valence-corrected chi connectivity index (χ2v) is 3.16. The van der Waals surface area contributed by atoms with E-state index in [2.05, 4.69) is 25.3 Å². The summed E-state index contributed by atoms with van der Waals surface area (Å²) in [4.78, 5) is 6.78. The quantitative estimate of drug-likeness (QED) is 0.747. The summed E-state index contributed by atoms with van der Waals surface area (Å²) in [5, 5.41) is 11.2. The van der Waals surface area contributed by atoms with E-state index in [-0.39, 0.29) is 5.95 Å². The van der Waals surface area contributed by atoms with Crippen LogP contribution in [-0.4, -0.2) is 9.97 Å². The zero-order valence-corrected chi connectivity index (χ0v) is 8.68. The first-order chi connectivity index (χ1) is 7.79. The van der Waals surface area contributed by atoms with Crippen molar-refractivity contribution in [2.45, 2.75) is 6.92 Å². The van der Waals surface area contributed by atoms with Gasteiger partial charge in [0.05, 0.1) is 11.4 Å². The van der Waals surface area contributed by atoms with Crippen molar-refractivity contribution in [3.8, 4) is 0 Å². The van der Waals surface area contributed by atoms with Gasteiger partial charge < -0.3 is 4.98 Å². The number of H-pyrrole nitrogens is 1. The Balaban J connectivity index is 2.23. The van der Waals surface area contributed by atoms with Gasteiger partial charge in [0.2, 0.25) is 5.95 Å². The Bertz CT molecular complexity index is 513. The molecular weight excluding hydrogens is 204 g/mol. The molecule has 0 bridgehead atoms. The highest BCUT2D eigenvalue weighted by atomic mass is 15.2. The van der Waals surface area contributed by atoms with Gasteiger partial charge in [0.15, 0.2) is 5.82 Å². The molecule has 6 nitrogen and oxygen atoms in total. The highest BCUT2D eigenvalue weighted by molar-refractivity contribution is 5.41. The van der Waals surface area contributed by atoms with Gasteiger partial charge in [-0.1, -0.05) is 18.2 Å². The number of aromatic amines is 1. The van der Waals surface area contributed by atoms with Crippen molar-refractivity contribution < 1.29 is 0 Å². The molecule has 1 aromatic heterocycles. The van der Waals surface area contributed by atoms with Gasteiger partial charge in [-0.3, -0.25) is 0 Å². The molecule has 2 N–H and O–H groups in total. The van der Waals surface area contributed by atoms with Crippen LogP contribution in [0.15, 0.2) is 45.7 Å². The minimum Gasteiger partial charge on any atom is -0.323 e. The Hall–Kier alpha value is -2.37. The third-order valence-corrected chi connectivity index (χ3v) is 1.97. The number of aryl methyl sites for hydroxylation is 1. The van der Waals surface area contributed by atoms with Gasteiger partial charge in [0.25, 0.3) is 0 Å². The molecule has 1 heterocycles. The fourth-order valence-electron chi connectivity index (χ4n) is 1.19. The monoisotopic (exact) mass is 214 g/mol. The number of imidazole rings is 1.